The fourth-order valence-electron chi connectivity index (χ4n) is 8.32. The molecule has 5 rings (SSSR count). The van der Waals surface area contributed by atoms with Crippen LogP contribution >= 0.6 is 46.4 Å². The first-order valence-corrected chi connectivity index (χ1v) is 26.1. The monoisotopic (exact) mass is 1020 g/mol. The standard InChI is InChI=1S/C53H72Cl4N2O9/c1-3-4-5-6-7-8-9-10-11-12-13-14-15-16-17-21-28-63-35-45(60)36-67-50-49(66-34-42-25-27-44(55)30-47(42)57)48(37-64-33-41-24-26-43(54)29-46(41)56)68-52(50)58-31-39(2)51(61)59(53(58)62)38-65-32-40-22-19-18-20-23-40/h18-20,22-27,29-31,45,48-50,52,60H,3-17,21,28,32-38H2,1-2H3/t45-,48-,49-,50-,52-/m1/s1. The largest absolute Gasteiger partial charge is 0.388 e. The van der Waals surface area contributed by atoms with Crippen LogP contribution < -0.4 is 11.2 Å². The van der Waals surface area contributed by atoms with Gasteiger partial charge >= 0.3 is 5.69 Å². The third-order valence-electron chi connectivity index (χ3n) is 12.2. The van der Waals surface area contributed by atoms with E-state index in [9.17, 15) is 14.7 Å². The highest BCUT2D eigenvalue weighted by molar-refractivity contribution is 6.35. The van der Waals surface area contributed by atoms with Crippen molar-refractivity contribution in [3.63, 3.8) is 0 Å². The highest BCUT2D eigenvalue weighted by Gasteiger charge is 2.48. The summed E-state index contributed by atoms with van der Waals surface area (Å²) < 4.78 is 40.0. The quantitative estimate of drug-likeness (QED) is 0.0456. The summed E-state index contributed by atoms with van der Waals surface area (Å²) in [5.74, 6) is 0. The molecule has 2 heterocycles. The number of aliphatic hydroxyl groups is 1. The molecular weight excluding hydrogens is 950 g/mol. The lowest BCUT2D eigenvalue weighted by Gasteiger charge is -2.27. The zero-order chi connectivity index (χ0) is 48.5. The Labute approximate surface area is 423 Å². The molecule has 1 aliphatic rings. The van der Waals surface area contributed by atoms with Crippen LogP contribution in [0.4, 0.5) is 0 Å². The van der Waals surface area contributed by atoms with Gasteiger partial charge in [-0.15, -0.1) is 0 Å². The van der Waals surface area contributed by atoms with Crippen molar-refractivity contribution in [1.29, 1.82) is 0 Å². The molecule has 0 amide bonds. The summed E-state index contributed by atoms with van der Waals surface area (Å²) in [6.45, 7) is 4.34. The fourth-order valence-corrected chi connectivity index (χ4v) is 9.24. The van der Waals surface area contributed by atoms with Crippen LogP contribution in [0.15, 0.2) is 82.5 Å². The molecule has 0 saturated carbocycles. The molecule has 0 bridgehead atoms. The first kappa shape index (κ1) is 56.1. The summed E-state index contributed by atoms with van der Waals surface area (Å²) in [7, 11) is 0. The summed E-state index contributed by atoms with van der Waals surface area (Å²) in [5.41, 5.74) is 1.35. The zero-order valence-electron chi connectivity index (χ0n) is 39.9. The predicted octanol–water partition coefficient (Wildman–Crippen LogP) is 12.8. The first-order chi connectivity index (χ1) is 33.0. The van der Waals surface area contributed by atoms with Crippen molar-refractivity contribution in [2.75, 3.05) is 26.4 Å². The number of aliphatic hydroxyl groups excluding tert-OH is 1. The smallest absolute Gasteiger partial charge is 0.335 e. The van der Waals surface area contributed by atoms with Crippen LogP contribution in [0.2, 0.25) is 20.1 Å². The molecule has 68 heavy (non-hydrogen) atoms. The molecular formula is C53H72Cl4N2O9. The lowest BCUT2D eigenvalue weighted by molar-refractivity contribution is -0.113. The Balaban J connectivity index is 1.21. The van der Waals surface area contributed by atoms with Crippen molar-refractivity contribution in [1.82, 2.24) is 9.13 Å². The van der Waals surface area contributed by atoms with E-state index < -0.39 is 41.9 Å². The summed E-state index contributed by atoms with van der Waals surface area (Å²) in [4.78, 5) is 27.7. The van der Waals surface area contributed by atoms with Crippen molar-refractivity contribution in [3.8, 4) is 0 Å². The van der Waals surface area contributed by atoms with E-state index in [1.165, 1.54) is 101 Å². The van der Waals surface area contributed by atoms with Gasteiger partial charge < -0.3 is 33.5 Å². The molecule has 5 atom stereocenters. The number of halogens is 4. The number of hydrogen-bond acceptors (Lipinski definition) is 9. The van der Waals surface area contributed by atoms with Crippen LogP contribution in [0.5, 0.6) is 0 Å². The van der Waals surface area contributed by atoms with Crippen LogP contribution in [0.25, 0.3) is 0 Å². The Morgan fingerprint density at radius 2 is 1.22 bits per heavy atom. The van der Waals surface area contributed by atoms with Gasteiger partial charge in [0.25, 0.3) is 5.56 Å². The van der Waals surface area contributed by atoms with Crippen LogP contribution in [-0.2, 0) is 55.0 Å². The molecule has 3 aromatic carbocycles. The summed E-state index contributed by atoms with van der Waals surface area (Å²) in [5, 5.41) is 13.0. The van der Waals surface area contributed by atoms with E-state index in [0.29, 0.717) is 37.8 Å². The molecule has 11 nitrogen and oxygen atoms in total. The maximum atomic E-state index is 14.3. The van der Waals surface area contributed by atoms with Crippen LogP contribution in [0.1, 0.15) is 138 Å². The second-order valence-electron chi connectivity index (χ2n) is 17.9. The minimum absolute atomic E-state index is 0.00708. The van der Waals surface area contributed by atoms with E-state index in [2.05, 4.69) is 6.92 Å². The van der Waals surface area contributed by atoms with Gasteiger partial charge in [-0.2, -0.15) is 0 Å². The third-order valence-corrected chi connectivity index (χ3v) is 13.4. The summed E-state index contributed by atoms with van der Waals surface area (Å²) in [6, 6.07) is 19.7. The third kappa shape index (κ3) is 19.1. The van der Waals surface area contributed by atoms with Gasteiger partial charge in [0.2, 0.25) is 0 Å². The second-order valence-corrected chi connectivity index (χ2v) is 19.5. The van der Waals surface area contributed by atoms with E-state index in [4.69, 9.17) is 74.8 Å². The number of ether oxygens (including phenoxy) is 6. The van der Waals surface area contributed by atoms with E-state index in [1.807, 2.05) is 30.3 Å². The van der Waals surface area contributed by atoms with Gasteiger partial charge in [-0.1, -0.05) is 192 Å². The molecule has 376 valence electrons. The fraction of sp³-hybridized carbons (Fsp3) is 0.585. The maximum absolute atomic E-state index is 14.3. The van der Waals surface area contributed by atoms with Crippen molar-refractivity contribution >= 4 is 46.4 Å². The average Bonchev–Trinajstić information content (AvgIpc) is 3.67. The Bertz CT molecular complexity index is 2170. The minimum Gasteiger partial charge on any atom is -0.388 e. The Morgan fingerprint density at radius 3 is 1.81 bits per heavy atom. The summed E-state index contributed by atoms with van der Waals surface area (Å²) in [6.07, 6.45) is 17.3. The number of rotatable bonds is 34. The molecule has 0 unspecified atom stereocenters. The highest BCUT2D eigenvalue weighted by Crippen LogP contribution is 2.35. The van der Waals surface area contributed by atoms with E-state index in [-0.39, 0.29) is 51.9 Å². The van der Waals surface area contributed by atoms with Crippen molar-refractivity contribution in [3.05, 3.63) is 136 Å². The second kappa shape index (κ2) is 31.5. The van der Waals surface area contributed by atoms with Gasteiger partial charge in [0.1, 0.15) is 31.1 Å². The van der Waals surface area contributed by atoms with Crippen LogP contribution in [0, 0.1) is 6.92 Å². The maximum Gasteiger partial charge on any atom is 0.335 e. The highest BCUT2D eigenvalue weighted by atomic mass is 35.5. The molecule has 1 N–H and O–H groups in total. The minimum atomic E-state index is -1.13. The molecule has 1 aromatic heterocycles. The molecule has 0 spiro atoms. The molecule has 0 radical (unpaired) electrons. The van der Waals surface area contributed by atoms with Crippen LogP contribution in [-0.4, -0.2) is 65.1 Å². The van der Waals surface area contributed by atoms with Gasteiger partial charge in [0.05, 0.1) is 39.6 Å². The predicted molar refractivity (Wildman–Crippen MR) is 272 cm³/mol. The Hall–Kier alpha value is -2.78. The van der Waals surface area contributed by atoms with E-state index in [0.717, 1.165) is 23.0 Å². The number of benzene rings is 3. The normalized spacial score (nSPS) is 17.6. The molecule has 1 aliphatic heterocycles. The number of nitrogens with zero attached hydrogens (tertiary/aromatic N) is 2. The Kier molecular flexibility index (Phi) is 26.0. The number of hydrogen-bond donors (Lipinski definition) is 1. The molecule has 1 saturated heterocycles. The summed E-state index contributed by atoms with van der Waals surface area (Å²) >= 11 is 25.4. The number of unbranched alkanes of at least 4 members (excludes halogenated alkanes) is 15. The van der Waals surface area contributed by atoms with Crippen molar-refractivity contribution < 1.29 is 33.5 Å². The molecule has 4 aromatic rings. The molecule has 1 fully saturated rings. The first-order valence-electron chi connectivity index (χ1n) is 24.6. The van der Waals surface area contributed by atoms with Crippen molar-refractivity contribution in [2.45, 2.75) is 174 Å². The lowest BCUT2D eigenvalue weighted by Crippen LogP contribution is -2.46. The SMILES string of the molecule is CCCCCCCCCCCCCCCCCCOC[C@@H](O)CO[C@@H]1[C@H](OCc2ccc(Cl)cc2Cl)[C@@H](COCc2ccc(Cl)cc2Cl)O[C@H]1n1cc(C)c(=O)n(COCc2ccccc2)c1=O. The lowest BCUT2D eigenvalue weighted by atomic mass is 10.0. The molecule has 15 heteroatoms. The van der Waals surface area contributed by atoms with Gasteiger partial charge in [-0.3, -0.25) is 9.36 Å². The van der Waals surface area contributed by atoms with Crippen molar-refractivity contribution in [2.24, 2.45) is 0 Å². The van der Waals surface area contributed by atoms with Gasteiger partial charge in [0.15, 0.2) is 6.23 Å². The van der Waals surface area contributed by atoms with E-state index >= 15 is 0 Å². The van der Waals surface area contributed by atoms with E-state index in [1.54, 1.807) is 43.3 Å². The Morgan fingerprint density at radius 1 is 0.647 bits per heavy atom. The van der Waals surface area contributed by atoms with Gasteiger partial charge in [0, 0.05) is 38.5 Å². The van der Waals surface area contributed by atoms with Gasteiger partial charge in [-0.05, 0) is 54.3 Å². The van der Waals surface area contributed by atoms with Crippen LogP contribution in [0.3, 0.4) is 0 Å². The molecule has 0 aliphatic carbocycles. The number of aromatic nitrogens is 2. The van der Waals surface area contributed by atoms with Gasteiger partial charge in [-0.25, -0.2) is 9.36 Å². The topological polar surface area (TPSA) is 120 Å². The average molecular weight is 1020 g/mol. The zero-order valence-corrected chi connectivity index (χ0v) is 42.9. The number of aryl methyl sites for hydroxylation is 1.